The first-order valence-corrected chi connectivity index (χ1v) is 10.6. The lowest BCUT2D eigenvalue weighted by Gasteiger charge is -2.30. The number of nitrogens with zero attached hydrogens (tertiary/aromatic N) is 4. The van der Waals surface area contributed by atoms with Gasteiger partial charge < -0.3 is 21.1 Å². The molecular formula is C24H23ClFN7O. The molecule has 3 heterocycles. The van der Waals surface area contributed by atoms with E-state index in [1.54, 1.807) is 0 Å². The van der Waals surface area contributed by atoms with Crippen LogP contribution in [0.25, 0.3) is 33.4 Å². The SMILES string of the molecule is Cc1[nH]nc2nc(-c3ccc(O)cc3F)c(C#N)c(-c3ccc(N4CCNCC4)c(N)c3)c12.Cl. The molecule has 0 aliphatic carbocycles. The third-order valence-corrected chi connectivity index (χ3v) is 5.98. The normalized spacial score (nSPS) is 13.5. The number of aromatic nitrogens is 3. The van der Waals surface area contributed by atoms with Gasteiger partial charge in [-0.3, -0.25) is 5.10 Å². The fourth-order valence-electron chi connectivity index (χ4n) is 4.39. The van der Waals surface area contributed by atoms with Crippen molar-refractivity contribution in [2.24, 2.45) is 0 Å². The molecule has 4 aromatic rings. The number of aromatic amines is 1. The number of nitrogens with one attached hydrogen (secondary N) is 2. The van der Waals surface area contributed by atoms with Gasteiger partial charge in [0.05, 0.1) is 28.0 Å². The van der Waals surface area contributed by atoms with Gasteiger partial charge in [0.25, 0.3) is 0 Å². The molecule has 5 N–H and O–H groups in total. The number of nitrogen functional groups attached to an aromatic ring is 1. The fourth-order valence-corrected chi connectivity index (χ4v) is 4.39. The van der Waals surface area contributed by atoms with E-state index in [2.05, 4.69) is 31.5 Å². The Bertz CT molecular complexity index is 1420. The fraction of sp³-hybridized carbons (Fsp3) is 0.208. The van der Waals surface area contributed by atoms with E-state index in [4.69, 9.17) is 5.73 Å². The van der Waals surface area contributed by atoms with Gasteiger partial charge in [0, 0.05) is 49.1 Å². The number of benzene rings is 2. The summed E-state index contributed by atoms with van der Waals surface area (Å²) in [7, 11) is 0. The maximum absolute atomic E-state index is 14.7. The molecule has 1 saturated heterocycles. The van der Waals surface area contributed by atoms with Crippen molar-refractivity contribution >= 4 is 34.8 Å². The minimum Gasteiger partial charge on any atom is -0.508 e. The topological polar surface area (TPSA) is 127 Å². The summed E-state index contributed by atoms with van der Waals surface area (Å²) in [6.45, 7) is 5.34. The van der Waals surface area contributed by atoms with Gasteiger partial charge in [-0.2, -0.15) is 10.4 Å². The third kappa shape index (κ3) is 3.87. The second-order valence-electron chi connectivity index (χ2n) is 8.04. The molecule has 0 amide bonds. The van der Waals surface area contributed by atoms with Crippen LogP contribution in [0, 0.1) is 24.1 Å². The van der Waals surface area contributed by atoms with Crippen LogP contribution in [-0.4, -0.2) is 46.5 Å². The second kappa shape index (κ2) is 9.17. The highest BCUT2D eigenvalue weighted by atomic mass is 35.5. The van der Waals surface area contributed by atoms with Crippen LogP contribution in [0.15, 0.2) is 36.4 Å². The van der Waals surface area contributed by atoms with E-state index in [0.717, 1.165) is 49.2 Å². The highest BCUT2D eigenvalue weighted by Gasteiger charge is 2.24. The zero-order valence-electron chi connectivity index (χ0n) is 18.4. The summed E-state index contributed by atoms with van der Waals surface area (Å²) in [5, 5.41) is 31.0. The number of halogens is 2. The minimum atomic E-state index is -0.676. The van der Waals surface area contributed by atoms with E-state index in [-0.39, 0.29) is 35.0 Å². The monoisotopic (exact) mass is 479 g/mol. The van der Waals surface area contributed by atoms with Crippen LogP contribution in [0.1, 0.15) is 11.3 Å². The van der Waals surface area contributed by atoms with E-state index in [1.807, 2.05) is 25.1 Å². The Morgan fingerprint density at radius 1 is 1.18 bits per heavy atom. The minimum absolute atomic E-state index is 0. The molecule has 2 aromatic heterocycles. The summed E-state index contributed by atoms with van der Waals surface area (Å²) in [4.78, 5) is 6.72. The molecule has 174 valence electrons. The van der Waals surface area contributed by atoms with Crippen molar-refractivity contribution in [1.82, 2.24) is 20.5 Å². The molecule has 10 heteroatoms. The number of phenolic OH excluding ortho intramolecular Hbond substituents is 1. The van der Waals surface area contributed by atoms with Crippen molar-refractivity contribution in [2.45, 2.75) is 6.92 Å². The number of piperazine rings is 1. The van der Waals surface area contributed by atoms with Crippen LogP contribution >= 0.6 is 12.4 Å². The van der Waals surface area contributed by atoms with E-state index >= 15 is 0 Å². The maximum Gasteiger partial charge on any atom is 0.182 e. The average molecular weight is 480 g/mol. The zero-order valence-corrected chi connectivity index (χ0v) is 19.2. The maximum atomic E-state index is 14.7. The number of rotatable bonds is 3. The van der Waals surface area contributed by atoms with Crippen LogP contribution in [-0.2, 0) is 0 Å². The molecule has 1 aliphatic rings. The van der Waals surface area contributed by atoms with Gasteiger partial charge in [0.2, 0.25) is 0 Å². The molecule has 5 rings (SSSR count). The van der Waals surface area contributed by atoms with Gasteiger partial charge in [-0.05, 0) is 36.8 Å². The summed E-state index contributed by atoms with van der Waals surface area (Å²) < 4.78 is 14.7. The molecule has 1 aliphatic heterocycles. The standard InChI is InChI=1S/C24H22FN7O.ClH/c1-13-21-22(14-2-5-20(19(27)10-14)32-8-6-28-7-9-32)17(12-26)23(29-24(21)31-30-13)16-4-3-15(33)11-18(16)25;/h2-5,10-11,28,33H,6-9,27H2,1H3,(H,29,30,31);1H. The Labute approximate surface area is 201 Å². The number of aryl methyl sites for hydroxylation is 1. The highest BCUT2D eigenvalue weighted by Crippen LogP contribution is 2.40. The summed E-state index contributed by atoms with van der Waals surface area (Å²) in [6, 6.07) is 11.7. The van der Waals surface area contributed by atoms with Crippen molar-refractivity contribution in [3.05, 3.63) is 53.5 Å². The average Bonchev–Trinajstić information content (AvgIpc) is 3.18. The van der Waals surface area contributed by atoms with Crippen LogP contribution in [0.3, 0.4) is 0 Å². The molecular weight excluding hydrogens is 457 g/mol. The number of aromatic hydroxyl groups is 1. The molecule has 2 aromatic carbocycles. The molecule has 0 bridgehead atoms. The van der Waals surface area contributed by atoms with Crippen molar-refractivity contribution in [3.63, 3.8) is 0 Å². The summed E-state index contributed by atoms with van der Waals surface area (Å²) in [5.41, 5.74) is 10.9. The lowest BCUT2D eigenvalue weighted by molar-refractivity contribution is 0.469. The third-order valence-electron chi connectivity index (χ3n) is 5.98. The van der Waals surface area contributed by atoms with Crippen molar-refractivity contribution in [3.8, 4) is 34.2 Å². The van der Waals surface area contributed by atoms with Gasteiger partial charge in [-0.25, -0.2) is 9.37 Å². The van der Waals surface area contributed by atoms with Crippen molar-refractivity contribution < 1.29 is 9.50 Å². The van der Waals surface area contributed by atoms with Gasteiger partial charge in [0.1, 0.15) is 17.6 Å². The highest BCUT2D eigenvalue weighted by molar-refractivity contribution is 6.01. The van der Waals surface area contributed by atoms with E-state index in [0.29, 0.717) is 22.3 Å². The quantitative estimate of drug-likeness (QED) is 0.330. The number of phenols is 1. The Morgan fingerprint density at radius 2 is 1.94 bits per heavy atom. The number of nitrogens with two attached hydrogens (primary N) is 1. The number of fused-ring (bicyclic) bond motifs is 1. The van der Waals surface area contributed by atoms with Crippen molar-refractivity contribution in [2.75, 3.05) is 36.8 Å². The number of H-pyrrole nitrogens is 1. The first-order chi connectivity index (χ1) is 16.0. The molecule has 1 fully saturated rings. The van der Waals surface area contributed by atoms with E-state index < -0.39 is 5.82 Å². The molecule has 0 unspecified atom stereocenters. The van der Waals surface area contributed by atoms with Gasteiger partial charge in [-0.1, -0.05) is 6.07 Å². The first kappa shape index (κ1) is 23.3. The Kier molecular flexibility index (Phi) is 6.28. The van der Waals surface area contributed by atoms with Gasteiger partial charge in [0.15, 0.2) is 5.65 Å². The molecule has 0 radical (unpaired) electrons. The van der Waals surface area contributed by atoms with Gasteiger partial charge in [-0.15, -0.1) is 12.4 Å². The Hall–Kier alpha value is -3.87. The number of hydrogen-bond donors (Lipinski definition) is 4. The largest absolute Gasteiger partial charge is 0.508 e. The predicted molar refractivity (Wildman–Crippen MR) is 133 cm³/mol. The molecule has 0 spiro atoms. The Morgan fingerprint density at radius 3 is 2.62 bits per heavy atom. The van der Waals surface area contributed by atoms with Crippen LogP contribution in [0.2, 0.25) is 0 Å². The Balaban J connectivity index is 0.00000274. The van der Waals surface area contributed by atoms with E-state index in [9.17, 15) is 14.8 Å². The number of hydrogen-bond acceptors (Lipinski definition) is 7. The number of nitriles is 1. The number of anilines is 2. The summed E-state index contributed by atoms with van der Waals surface area (Å²) in [6.07, 6.45) is 0. The lowest BCUT2D eigenvalue weighted by Crippen LogP contribution is -2.43. The van der Waals surface area contributed by atoms with Crippen molar-refractivity contribution in [1.29, 1.82) is 5.26 Å². The molecule has 34 heavy (non-hydrogen) atoms. The molecule has 0 atom stereocenters. The van der Waals surface area contributed by atoms with Crippen LogP contribution in [0.4, 0.5) is 15.8 Å². The van der Waals surface area contributed by atoms with Crippen LogP contribution in [0.5, 0.6) is 5.75 Å². The predicted octanol–water partition coefficient (Wildman–Crippen LogP) is 3.73. The zero-order chi connectivity index (χ0) is 23.1. The van der Waals surface area contributed by atoms with Crippen LogP contribution < -0.4 is 16.0 Å². The number of pyridine rings is 1. The molecule has 0 saturated carbocycles. The summed E-state index contributed by atoms with van der Waals surface area (Å²) >= 11 is 0. The first-order valence-electron chi connectivity index (χ1n) is 10.6. The van der Waals surface area contributed by atoms with Gasteiger partial charge >= 0.3 is 0 Å². The smallest absolute Gasteiger partial charge is 0.182 e. The van der Waals surface area contributed by atoms with E-state index in [1.165, 1.54) is 12.1 Å². The summed E-state index contributed by atoms with van der Waals surface area (Å²) in [5.74, 6) is -0.881. The lowest BCUT2D eigenvalue weighted by atomic mass is 9.92. The second-order valence-corrected chi connectivity index (χ2v) is 8.04. The molecule has 8 nitrogen and oxygen atoms in total.